The number of methoxy groups -OCH3 is 2. The number of halogens is 1. The lowest BCUT2D eigenvalue weighted by atomic mass is 9.81. The van der Waals surface area contributed by atoms with Crippen molar-refractivity contribution in [1.29, 1.82) is 0 Å². The molecule has 0 aromatic rings. The SMILES string of the molecule is C.CCC1CCC(C(=O)OC)CC1.COC(=O)C1CCC(N(C)C(=O)OC(C)(C)C)CC1.Cl. The summed E-state index contributed by atoms with van der Waals surface area (Å²) in [5.41, 5.74) is -0.478. The number of hydrogen-bond acceptors (Lipinski definition) is 6. The fourth-order valence-corrected chi connectivity index (χ4v) is 4.32. The van der Waals surface area contributed by atoms with Gasteiger partial charge in [-0.25, -0.2) is 4.79 Å². The highest BCUT2D eigenvalue weighted by Crippen LogP contribution is 2.31. The van der Waals surface area contributed by atoms with Crippen LogP contribution in [0.5, 0.6) is 0 Å². The van der Waals surface area contributed by atoms with Crippen LogP contribution < -0.4 is 0 Å². The molecule has 2 rings (SSSR count). The van der Waals surface area contributed by atoms with E-state index in [2.05, 4.69) is 6.92 Å². The Hall–Kier alpha value is -1.50. The van der Waals surface area contributed by atoms with Crippen LogP contribution in [0.1, 0.15) is 92.9 Å². The van der Waals surface area contributed by atoms with Crippen molar-refractivity contribution < 1.29 is 28.6 Å². The molecule has 196 valence electrons. The Balaban J connectivity index is 0. The molecule has 0 bridgehead atoms. The second kappa shape index (κ2) is 16.2. The van der Waals surface area contributed by atoms with E-state index in [-0.39, 0.29) is 55.7 Å². The Morgan fingerprint density at radius 2 is 1.21 bits per heavy atom. The third-order valence-electron chi connectivity index (χ3n) is 6.42. The van der Waals surface area contributed by atoms with Crippen molar-refractivity contribution in [1.82, 2.24) is 4.90 Å². The van der Waals surface area contributed by atoms with Crippen LogP contribution in [0, 0.1) is 17.8 Å². The summed E-state index contributed by atoms with van der Waals surface area (Å²) < 4.78 is 14.8. The molecule has 8 heteroatoms. The molecule has 1 amide bonds. The first-order valence-corrected chi connectivity index (χ1v) is 11.6. The zero-order valence-electron chi connectivity index (χ0n) is 21.0. The molecule has 0 radical (unpaired) electrons. The van der Waals surface area contributed by atoms with E-state index >= 15 is 0 Å². The lowest BCUT2D eigenvalue weighted by Crippen LogP contribution is -2.43. The Labute approximate surface area is 207 Å². The van der Waals surface area contributed by atoms with Crippen molar-refractivity contribution in [2.45, 2.75) is 105 Å². The maximum absolute atomic E-state index is 11.9. The van der Waals surface area contributed by atoms with Crippen LogP contribution in [0.3, 0.4) is 0 Å². The van der Waals surface area contributed by atoms with Gasteiger partial charge in [0.2, 0.25) is 0 Å². The number of rotatable bonds is 4. The molecule has 7 nitrogen and oxygen atoms in total. The highest BCUT2D eigenvalue weighted by molar-refractivity contribution is 5.85. The molecule has 2 fully saturated rings. The maximum atomic E-state index is 11.9. The highest BCUT2D eigenvalue weighted by atomic mass is 35.5. The first-order chi connectivity index (χ1) is 14.5. The van der Waals surface area contributed by atoms with Crippen LogP contribution in [0.25, 0.3) is 0 Å². The van der Waals surface area contributed by atoms with Gasteiger partial charge in [-0.3, -0.25) is 9.59 Å². The minimum atomic E-state index is -0.478. The number of ether oxygens (including phenoxy) is 3. The van der Waals surface area contributed by atoms with Crippen LogP contribution in [0.15, 0.2) is 0 Å². The van der Waals surface area contributed by atoms with Gasteiger partial charge in [0.1, 0.15) is 5.60 Å². The quantitative estimate of drug-likeness (QED) is 0.352. The molecule has 0 saturated heterocycles. The van der Waals surface area contributed by atoms with Gasteiger partial charge in [0.05, 0.1) is 26.1 Å². The van der Waals surface area contributed by atoms with Crippen LogP contribution >= 0.6 is 12.4 Å². The van der Waals surface area contributed by atoms with Crippen LogP contribution in [-0.4, -0.2) is 55.8 Å². The van der Waals surface area contributed by atoms with Crippen LogP contribution in [0.2, 0.25) is 0 Å². The summed E-state index contributed by atoms with van der Waals surface area (Å²) in [6.45, 7) is 7.79. The number of carbonyl (C=O) groups is 3. The maximum Gasteiger partial charge on any atom is 0.410 e. The predicted molar refractivity (Wildman–Crippen MR) is 133 cm³/mol. The number of esters is 2. The summed E-state index contributed by atoms with van der Waals surface area (Å²) in [6.07, 6.45) is 8.60. The number of carbonyl (C=O) groups excluding carboxylic acids is 3. The van der Waals surface area contributed by atoms with Crippen LogP contribution in [0.4, 0.5) is 4.79 Å². The lowest BCUT2D eigenvalue weighted by Gasteiger charge is -2.34. The average molecular weight is 494 g/mol. The standard InChI is InChI=1S/C14H25NO4.C10H18O2.CH4.ClH/c1-14(2,3)19-13(17)15(4)11-8-6-10(7-9-11)12(16)18-5;1-3-8-4-6-9(7-5-8)10(11)12-2;;/h10-11H,6-9H2,1-5H3;8-9H,3-7H2,1-2H3;1H4;1H. The van der Waals surface area contributed by atoms with Crippen molar-refractivity contribution in [3.8, 4) is 0 Å². The molecule has 0 N–H and O–H groups in total. The average Bonchev–Trinajstić information content (AvgIpc) is 2.77. The molecule has 2 aliphatic carbocycles. The molecule has 0 aromatic heterocycles. The fourth-order valence-electron chi connectivity index (χ4n) is 4.32. The van der Waals surface area contributed by atoms with Crippen molar-refractivity contribution in [3.05, 3.63) is 0 Å². The molecule has 0 heterocycles. The second-order valence-electron chi connectivity index (χ2n) is 9.77. The first-order valence-electron chi connectivity index (χ1n) is 11.6. The summed E-state index contributed by atoms with van der Waals surface area (Å²) in [6, 6.07) is 0.149. The molecule has 0 aliphatic heterocycles. The summed E-state index contributed by atoms with van der Waals surface area (Å²) in [7, 11) is 4.66. The molecule has 33 heavy (non-hydrogen) atoms. The molecule has 2 aliphatic rings. The Morgan fingerprint density at radius 1 is 0.818 bits per heavy atom. The van der Waals surface area contributed by atoms with Crippen molar-refractivity contribution in [2.75, 3.05) is 21.3 Å². The largest absolute Gasteiger partial charge is 0.469 e. The molecule has 0 unspecified atom stereocenters. The topological polar surface area (TPSA) is 82.1 Å². The van der Waals surface area contributed by atoms with E-state index in [4.69, 9.17) is 14.2 Å². The van der Waals surface area contributed by atoms with Gasteiger partial charge in [0.25, 0.3) is 0 Å². The highest BCUT2D eigenvalue weighted by Gasteiger charge is 2.32. The molecular weight excluding hydrogens is 446 g/mol. The van der Waals surface area contributed by atoms with Crippen molar-refractivity contribution >= 4 is 30.4 Å². The Morgan fingerprint density at radius 3 is 1.55 bits per heavy atom. The number of amides is 1. The van der Waals surface area contributed by atoms with E-state index in [1.54, 1.807) is 11.9 Å². The predicted octanol–water partition coefficient (Wildman–Crippen LogP) is 6.02. The lowest BCUT2D eigenvalue weighted by molar-refractivity contribution is -0.147. The summed E-state index contributed by atoms with van der Waals surface area (Å²) in [5.74, 6) is 0.875. The third kappa shape index (κ3) is 12.0. The molecule has 0 aromatic carbocycles. The Kier molecular flexibility index (Phi) is 16.5. The fraction of sp³-hybridized carbons (Fsp3) is 0.880. The van der Waals surface area contributed by atoms with E-state index in [1.807, 2.05) is 20.8 Å². The molecule has 2 saturated carbocycles. The van der Waals surface area contributed by atoms with Gasteiger partial charge in [0, 0.05) is 13.1 Å². The minimum absolute atomic E-state index is 0. The number of hydrogen-bond donors (Lipinski definition) is 0. The molecule has 0 spiro atoms. The summed E-state index contributed by atoms with van der Waals surface area (Å²) in [4.78, 5) is 36.2. The smallest absolute Gasteiger partial charge is 0.410 e. The Bertz CT molecular complexity index is 576. The van der Waals surface area contributed by atoms with Gasteiger partial charge < -0.3 is 19.1 Å². The first kappa shape index (κ1) is 33.7. The van der Waals surface area contributed by atoms with Gasteiger partial charge in [-0.05, 0) is 78.1 Å². The molecular formula is C25H48ClNO6. The summed E-state index contributed by atoms with van der Waals surface area (Å²) in [5, 5.41) is 0. The van der Waals surface area contributed by atoms with Gasteiger partial charge in [0.15, 0.2) is 0 Å². The van der Waals surface area contributed by atoms with Crippen molar-refractivity contribution in [3.63, 3.8) is 0 Å². The van der Waals surface area contributed by atoms with Gasteiger partial charge >= 0.3 is 18.0 Å². The van der Waals surface area contributed by atoms with Crippen molar-refractivity contribution in [2.24, 2.45) is 17.8 Å². The zero-order chi connectivity index (χ0) is 23.6. The second-order valence-corrected chi connectivity index (χ2v) is 9.77. The zero-order valence-corrected chi connectivity index (χ0v) is 21.8. The van der Waals surface area contributed by atoms with E-state index < -0.39 is 5.60 Å². The van der Waals surface area contributed by atoms with Gasteiger partial charge in [-0.15, -0.1) is 12.4 Å². The van der Waals surface area contributed by atoms with Gasteiger partial charge in [-0.2, -0.15) is 0 Å². The third-order valence-corrected chi connectivity index (χ3v) is 6.42. The van der Waals surface area contributed by atoms with E-state index in [9.17, 15) is 14.4 Å². The van der Waals surface area contributed by atoms with E-state index in [0.29, 0.717) is 0 Å². The summed E-state index contributed by atoms with van der Waals surface area (Å²) >= 11 is 0. The minimum Gasteiger partial charge on any atom is -0.469 e. The van der Waals surface area contributed by atoms with E-state index in [0.717, 1.165) is 44.4 Å². The monoisotopic (exact) mass is 493 g/mol. The molecule has 0 atom stereocenters. The normalized spacial score (nSPS) is 24.5. The van der Waals surface area contributed by atoms with E-state index in [1.165, 1.54) is 33.5 Å². The van der Waals surface area contributed by atoms with Crippen LogP contribution in [-0.2, 0) is 23.8 Å². The van der Waals surface area contributed by atoms with Gasteiger partial charge in [-0.1, -0.05) is 20.8 Å². The number of nitrogens with zero attached hydrogens (tertiary/aromatic N) is 1.